The molecule has 1 aromatic carbocycles. The van der Waals surface area contributed by atoms with Crippen LogP contribution in [0.2, 0.25) is 0 Å². The highest BCUT2D eigenvalue weighted by molar-refractivity contribution is 5.92. The first kappa shape index (κ1) is 16.9. The lowest BCUT2D eigenvalue weighted by atomic mass is 10.3. The van der Waals surface area contributed by atoms with Crippen molar-refractivity contribution in [2.24, 2.45) is 0 Å². The van der Waals surface area contributed by atoms with Crippen LogP contribution in [-0.4, -0.2) is 35.3 Å². The van der Waals surface area contributed by atoms with Gasteiger partial charge < -0.3 is 19.6 Å². The van der Waals surface area contributed by atoms with E-state index in [1.54, 1.807) is 13.8 Å². The summed E-state index contributed by atoms with van der Waals surface area (Å²) in [5.74, 6) is -2.00. The molecule has 1 atom stereocenters. The van der Waals surface area contributed by atoms with E-state index in [0.29, 0.717) is 11.6 Å². The third-order valence-electron chi connectivity index (χ3n) is 2.94. The Bertz CT molecular complexity index is 703. The molecule has 2 aromatic rings. The highest BCUT2D eigenvalue weighted by Crippen LogP contribution is 2.15. The van der Waals surface area contributed by atoms with Gasteiger partial charge in [-0.15, -0.1) is 0 Å². The Morgan fingerprint density at radius 3 is 2.74 bits per heavy atom. The summed E-state index contributed by atoms with van der Waals surface area (Å²) >= 11 is 0. The molecule has 8 heteroatoms. The fourth-order valence-corrected chi connectivity index (χ4v) is 1.85. The zero-order chi connectivity index (χ0) is 17.0. The number of carbonyl (C=O) groups excluding carboxylic acids is 1. The lowest BCUT2D eigenvalue weighted by Gasteiger charge is -2.13. The van der Waals surface area contributed by atoms with Crippen LogP contribution in [-0.2, 0) is 0 Å². The second kappa shape index (κ2) is 7.19. The van der Waals surface area contributed by atoms with Crippen LogP contribution >= 0.6 is 0 Å². The predicted octanol–water partition coefficient (Wildman–Crippen LogP) is 1.74. The van der Waals surface area contributed by atoms with Gasteiger partial charge in [0.05, 0.1) is 5.69 Å². The van der Waals surface area contributed by atoms with Crippen LogP contribution in [0.25, 0.3) is 0 Å². The van der Waals surface area contributed by atoms with E-state index in [1.807, 2.05) is 0 Å². The molecular formula is C15H16F2N2O4. The van der Waals surface area contributed by atoms with Crippen molar-refractivity contribution in [3.05, 3.63) is 47.2 Å². The number of oxazole rings is 1. The van der Waals surface area contributed by atoms with Crippen molar-refractivity contribution >= 4 is 5.91 Å². The van der Waals surface area contributed by atoms with Gasteiger partial charge in [-0.3, -0.25) is 4.79 Å². The predicted molar refractivity (Wildman–Crippen MR) is 76.2 cm³/mol. The zero-order valence-corrected chi connectivity index (χ0v) is 12.6. The monoisotopic (exact) mass is 326 g/mol. The van der Waals surface area contributed by atoms with Gasteiger partial charge in [-0.2, -0.15) is 0 Å². The van der Waals surface area contributed by atoms with Crippen molar-refractivity contribution in [3.8, 4) is 5.75 Å². The molecule has 0 fully saturated rings. The van der Waals surface area contributed by atoms with Crippen LogP contribution in [0.4, 0.5) is 8.78 Å². The number of nitrogens with zero attached hydrogens (tertiary/aromatic N) is 1. The maximum atomic E-state index is 13.0. The van der Waals surface area contributed by atoms with E-state index in [-0.39, 0.29) is 24.7 Å². The fraction of sp³-hybridized carbons (Fsp3) is 0.333. The van der Waals surface area contributed by atoms with Crippen molar-refractivity contribution in [1.29, 1.82) is 0 Å². The van der Waals surface area contributed by atoms with E-state index in [4.69, 9.17) is 9.15 Å². The molecule has 0 saturated heterocycles. The number of benzene rings is 1. The molecular weight excluding hydrogens is 310 g/mol. The number of aliphatic hydroxyl groups is 1. The number of hydrogen-bond donors (Lipinski definition) is 2. The summed E-state index contributed by atoms with van der Waals surface area (Å²) in [7, 11) is 0. The van der Waals surface area contributed by atoms with Gasteiger partial charge in [0.25, 0.3) is 5.91 Å². The molecule has 124 valence electrons. The molecule has 2 N–H and O–H groups in total. The summed E-state index contributed by atoms with van der Waals surface area (Å²) in [6, 6.07) is 3.04. The first-order valence-corrected chi connectivity index (χ1v) is 6.85. The van der Waals surface area contributed by atoms with Gasteiger partial charge in [0, 0.05) is 19.5 Å². The quantitative estimate of drug-likeness (QED) is 0.845. The Morgan fingerprint density at radius 1 is 1.39 bits per heavy atom. The van der Waals surface area contributed by atoms with Gasteiger partial charge in [0.1, 0.15) is 18.5 Å². The van der Waals surface area contributed by atoms with Gasteiger partial charge in [-0.05, 0) is 19.1 Å². The molecule has 0 aliphatic rings. The number of ether oxygens (including phenoxy) is 1. The summed E-state index contributed by atoms with van der Waals surface area (Å²) in [5.41, 5.74) is 0.451. The minimum atomic E-state index is -1.04. The number of hydrogen-bond acceptors (Lipinski definition) is 5. The normalized spacial score (nSPS) is 12.0. The lowest BCUT2D eigenvalue weighted by molar-refractivity contribution is 0.0820. The number of amides is 1. The first-order valence-electron chi connectivity index (χ1n) is 6.85. The Morgan fingerprint density at radius 2 is 2.13 bits per heavy atom. The average Bonchev–Trinajstić information content (AvgIpc) is 2.84. The minimum absolute atomic E-state index is 0.0796. The zero-order valence-electron chi connectivity index (χ0n) is 12.6. The SMILES string of the molecule is Cc1nc(C)c(C(=O)NC[C@H](O)COc2ccc(F)c(F)c2)o1. The van der Waals surface area contributed by atoms with Crippen molar-refractivity contribution in [3.63, 3.8) is 0 Å². The summed E-state index contributed by atoms with van der Waals surface area (Å²) in [6.07, 6.45) is -1.03. The topological polar surface area (TPSA) is 84.6 Å². The number of nitrogens with one attached hydrogen (secondary N) is 1. The third-order valence-corrected chi connectivity index (χ3v) is 2.94. The summed E-state index contributed by atoms with van der Waals surface area (Å²) in [4.78, 5) is 15.8. The van der Waals surface area contributed by atoms with E-state index in [1.165, 1.54) is 6.07 Å². The molecule has 0 unspecified atom stereocenters. The Balaban J connectivity index is 1.80. The molecule has 0 bridgehead atoms. The molecule has 6 nitrogen and oxygen atoms in total. The molecule has 1 amide bonds. The van der Waals surface area contributed by atoms with Crippen LogP contribution in [0.5, 0.6) is 5.75 Å². The van der Waals surface area contributed by atoms with E-state index >= 15 is 0 Å². The molecule has 0 saturated carbocycles. The van der Waals surface area contributed by atoms with Crippen molar-refractivity contribution in [1.82, 2.24) is 10.3 Å². The van der Waals surface area contributed by atoms with Crippen LogP contribution in [0.1, 0.15) is 22.1 Å². The smallest absolute Gasteiger partial charge is 0.289 e. The Hall–Kier alpha value is -2.48. The van der Waals surface area contributed by atoms with E-state index in [2.05, 4.69) is 10.3 Å². The second-order valence-corrected chi connectivity index (χ2v) is 4.90. The van der Waals surface area contributed by atoms with E-state index in [0.717, 1.165) is 12.1 Å². The summed E-state index contributed by atoms with van der Waals surface area (Å²) in [5, 5.41) is 12.2. The van der Waals surface area contributed by atoms with Gasteiger partial charge in [-0.25, -0.2) is 13.8 Å². The fourth-order valence-electron chi connectivity index (χ4n) is 1.85. The Labute approximate surface area is 131 Å². The van der Waals surface area contributed by atoms with Crippen LogP contribution in [0.3, 0.4) is 0 Å². The molecule has 0 radical (unpaired) electrons. The van der Waals surface area contributed by atoms with E-state index in [9.17, 15) is 18.7 Å². The second-order valence-electron chi connectivity index (χ2n) is 4.90. The highest BCUT2D eigenvalue weighted by atomic mass is 19.2. The molecule has 0 aliphatic heterocycles. The number of aryl methyl sites for hydroxylation is 2. The van der Waals surface area contributed by atoms with Crippen LogP contribution in [0.15, 0.2) is 22.6 Å². The lowest BCUT2D eigenvalue weighted by Crippen LogP contribution is -2.35. The first-order chi connectivity index (χ1) is 10.9. The third kappa shape index (κ3) is 4.49. The minimum Gasteiger partial charge on any atom is -0.491 e. The number of halogens is 2. The molecule has 23 heavy (non-hydrogen) atoms. The van der Waals surface area contributed by atoms with Gasteiger partial charge in [0.15, 0.2) is 17.5 Å². The number of aliphatic hydroxyl groups excluding tert-OH is 1. The van der Waals surface area contributed by atoms with Crippen LogP contribution in [0, 0.1) is 25.5 Å². The number of carbonyl (C=O) groups is 1. The number of aromatic nitrogens is 1. The summed E-state index contributed by atoms with van der Waals surface area (Å²) in [6.45, 7) is 2.96. The van der Waals surface area contributed by atoms with Crippen molar-refractivity contribution < 1.29 is 27.8 Å². The molecule has 1 aromatic heterocycles. The maximum absolute atomic E-state index is 13.0. The van der Waals surface area contributed by atoms with Crippen molar-refractivity contribution in [2.75, 3.05) is 13.2 Å². The Kier molecular flexibility index (Phi) is 5.28. The largest absolute Gasteiger partial charge is 0.491 e. The summed E-state index contributed by atoms with van der Waals surface area (Å²) < 4.78 is 36.0. The molecule has 2 rings (SSSR count). The molecule has 0 aliphatic carbocycles. The van der Waals surface area contributed by atoms with Crippen LogP contribution < -0.4 is 10.1 Å². The highest BCUT2D eigenvalue weighted by Gasteiger charge is 2.17. The number of rotatable bonds is 6. The standard InChI is InChI=1S/C15H16F2N2O4/c1-8-14(23-9(2)19-8)15(21)18-6-10(20)7-22-11-3-4-12(16)13(17)5-11/h3-5,10,20H,6-7H2,1-2H3,(H,18,21)/t10-/m0/s1. The van der Waals surface area contributed by atoms with Gasteiger partial charge >= 0.3 is 0 Å². The molecule has 0 spiro atoms. The maximum Gasteiger partial charge on any atom is 0.289 e. The van der Waals surface area contributed by atoms with Crippen molar-refractivity contribution in [2.45, 2.75) is 20.0 Å². The molecule has 1 heterocycles. The van der Waals surface area contributed by atoms with Gasteiger partial charge in [0.2, 0.25) is 5.76 Å². The average molecular weight is 326 g/mol. The van der Waals surface area contributed by atoms with Gasteiger partial charge in [-0.1, -0.05) is 0 Å². The van der Waals surface area contributed by atoms with E-state index < -0.39 is 23.6 Å².